The van der Waals surface area contributed by atoms with Crippen LogP contribution in [0.3, 0.4) is 0 Å². The number of rotatable bonds is 6. The Bertz CT molecular complexity index is 775. The van der Waals surface area contributed by atoms with Gasteiger partial charge in [-0.1, -0.05) is 36.4 Å². The van der Waals surface area contributed by atoms with Crippen LogP contribution >= 0.6 is 11.3 Å². The zero-order valence-corrected chi connectivity index (χ0v) is 13.5. The summed E-state index contributed by atoms with van der Waals surface area (Å²) >= 11 is 1.09. The summed E-state index contributed by atoms with van der Waals surface area (Å²) in [4.78, 5) is 0. The number of halogens is 1. The number of aliphatic hydroxyl groups is 1. The van der Waals surface area contributed by atoms with Crippen LogP contribution in [0.5, 0.6) is 5.75 Å². The first-order valence-electron chi connectivity index (χ1n) is 7.41. The fraction of sp³-hybridized carbons (Fsp3) is 0.222. The van der Waals surface area contributed by atoms with Crippen LogP contribution in [0.25, 0.3) is 10.1 Å². The van der Waals surface area contributed by atoms with Gasteiger partial charge in [0.2, 0.25) is 0 Å². The Morgan fingerprint density at radius 2 is 1.96 bits per heavy atom. The summed E-state index contributed by atoms with van der Waals surface area (Å²) in [5, 5.41) is 13.9. The lowest BCUT2D eigenvalue weighted by molar-refractivity contribution is 0.0379. The molecule has 23 heavy (non-hydrogen) atoms. The Morgan fingerprint density at radius 1 is 1.17 bits per heavy atom. The summed E-state index contributed by atoms with van der Waals surface area (Å²) < 4.78 is 20.5. The molecule has 0 aliphatic rings. The number of thiophene rings is 1. The number of ether oxygens (including phenoxy) is 1. The van der Waals surface area contributed by atoms with Crippen molar-refractivity contribution in [3.05, 3.63) is 65.3 Å². The van der Waals surface area contributed by atoms with E-state index in [1.54, 1.807) is 13.1 Å². The molecule has 2 N–H and O–H groups in total. The molecule has 3 rings (SSSR count). The van der Waals surface area contributed by atoms with Crippen LogP contribution in [0.2, 0.25) is 0 Å². The van der Waals surface area contributed by atoms with Crippen LogP contribution in [0.1, 0.15) is 11.7 Å². The van der Waals surface area contributed by atoms with E-state index in [4.69, 9.17) is 4.74 Å². The second kappa shape index (κ2) is 7.08. The summed E-state index contributed by atoms with van der Waals surface area (Å²) in [7, 11) is 1.78. The first-order valence-corrected chi connectivity index (χ1v) is 8.23. The second-order valence-electron chi connectivity index (χ2n) is 5.29. The number of benzene rings is 2. The van der Waals surface area contributed by atoms with Gasteiger partial charge in [-0.3, -0.25) is 0 Å². The third-order valence-corrected chi connectivity index (χ3v) is 4.52. The molecule has 1 aromatic heterocycles. The van der Waals surface area contributed by atoms with Crippen molar-refractivity contribution < 1.29 is 14.2 Å². The topological polar surface area (TPSA) is 41.5 Å². The molecule has 0 unspecified atom stereocenters. The zero-order chi connectivity index (χ0) is 16.2. The average Bonchev–Trinajstić information content (AvgIpc) is 2.94. The first-order chi connectivity index (χ1) is 11.2. The van der Waals surface area contributed by atoms with Crippen LogP contribution in [0, 0.1) is 5.13 Å². The molecule has 3 aromatic rings. The zero-order valence-electron chi connectivity index (χ0n) is 12.7. The SMILES string of the molecule is CNC[C@@H](O)[C@@H](Oc1cccc2sc(F)cc12)c1ccccc1. The molecule has 0 amide bonds. The number of aliphatic hydroxyl groups excluding tert-OH is 1. The predicted octanol–water partition coefficient (Wildman–Crippen LogP) is 3.74. The number of likely N-dealkylation sites (N-methyl/N-ethyl adjacent to an activating group) is 1. The molecule has 0 bridgehead atoms. The van der Waals surface area contributed by atoms with E-state index in [2.05, 4.69) is 5.32 Å². The highest BCUT2D eigenvalue weighted by Crippen LogP contribution is 2.35. The van der Waals surface area contributed by atoms with Gasteiger partial charge in [-0.15, -0.1) is 11.3 Å². The Morgan fingerprint density at radius 3 is 2.70 bits per heavy atom. The van der Waals surface area contributed by atoms with E-state index in [9.17, 15) is 9.50 Å². The van der Waals surface area contributed by atoms with Crippen molar-refractivity contribution in [2.45, 2.75) is 12.2 Å². The van der Waals surface area contributed by atoms with Gasteiger partial charge in [0.1, 0.15) is 11.9 Å². The van der Waals surface area contributed by atoms with E-state index in [1.807, 2.05) is 42.5 Å². The average molecular weight is 331 g/mol. The summed E-state index contributed by atoms with van der Waals surface area (Å²) in [5.41, 5.74) is 0.878. The largest absolute Gasteiger partial charge is 0.482 e. The van der Waals surface area contributed by atoms with E-state index in [1.165, 1.54) is 6.07 Å². The lowest BCUT2D eigenvalue weighted by Gasteiger charge is -2.25. The van der Waals surface area contributed by atoms with Gasteiger partial charge in [0, 0.05) is 16.6 Å². The van der Waals surface area contributed by atoms with Gasteiger partial charge in [0.05, 0.1) is 0 Å². The summed E-state index contributed by atoms with van der Waals surface area (Å²) in [6, 6.07) is 16.5. The fourth-order valence-electron chi connectivity index (χ4n) is 2.57. The molecule has 2 atom stereocenters. The normalized spacial score (nSPS) is 13.9. The smallest absolute Gasteiger partial charge is 0.177 e. The van der Waals surface area contributed by atoms with Crippen LogP contribution in [0.15, 0.2) is 54.6 Å². The number of hydrogen-bond donors (Lipinski definition) is 2. The number of fused-ring (bicyclic) bond motifs is 1. The molecule has 0 fully saturated rings. The minimum absolute atomic E-state index is 0.247. The van der Waals surface area contributed by atoms with Gasteiger partial charge in [-0.25, -0.2) is 0 Å². The molecule has 0 aliphatic carbocycles. The van der Waals surface area contributed by atoms with Crippen molar-refractivity contribution in [3.8, 4) is 5.75 Å². The molecule has 1 heterocycles. The molecular weight excluding hydrogens is 313 g/mol. The lowest BCUT2D eigenvalue weighted by Crippen LogP contribution is -2.32. The van der Waals surface area contributed by atoms with Crippen molar-refractivity contribution >= 4 is 21.4 Å². The van der Waals surface area contributed by atoms with E-state index in [-0.39, 0.29) is 5.13 Å². The van der Waals surface area contributed by atoms with E-state index >= 15 is 0 Å². The Hall–Kier alpha value is -1.95. The van der Waals surface area contributed by atoms with Gasteiger partial charge in [0.15, 0.2) is 11.2 Å². The maximum absolute atomic E-state index is 13.5. The van der Waals surface area contributed by atoms with Gasteiger partial charge in [0.25, 0.3) is 0 Å². The molecule has 120 valence electrons. The minimum atomic E-state index is -0.721. The highest BCUT2D eigenvalue weighted by Gasteiger charge is 2.23. The van der Waals surface area contributed by atoms with Crippen molar-refractivity contribution in [3.63, 3.8) is 0 Å². The molecule has 0 spiro atoms. The van der Waals surface area contributed by atoms with Gasteiger partial charge >= 0.3 is 0 Å². The minimum Gasteiger partial charge on any atom is -0.482 e. The van der Waals surface area contributed by atoms with Gasteiger partial charge < -0.3 is 15.2 Å². The maximum Gasteiger partial charge on any atom is 0.177 e. The first kappa shape index (κ1) is 15.9. The van der Waals surface area contributed by atoms with Crippen molar-refractivity contribution in [2.75, 3.05) is 13.6 Å². The molecule has 0 saturated carbocycles. The standard InChI is InChI=1S/C18H18FNO2S/c1-20-11-14(21)18(12-6-3-2-4-7-12)22-15-8-5-9-16-13(15)10-17(19)23-16/h2-10,14,18,20-21H,11H2,1H3/t14-,18+/m1/s1. The molecule has 5 heteroatoms. The van der Waals surface area contributed by atoms with E-state index in [0.29, 0.717) is 12.3 Å². The molecule has 2 aromatic carbocycles. The summed E-state index contributed by atoms with van der Waals surface area (Å²) in [6.45, 7) is 0.396. The summed E-state index contributed by atoms with van der Waals surface area (Å²) in [5.74, 6) is 0.576. The highest BCUT2D eigenvalue weighted by atomic mass is 32.1. The van der Waals surface area contributed by atoms with Crippen molar-refractivity contribution in [1.82, 2.24) is 5.32 Å². The summed E-state index contributed by atoms with van der Waals surface area (Å²) in [6.07, 6.45) is -1.25. The number of hydrogen-bond acceptors (Lipinski definition) is 4. The molecule has 0 radical (unpaired) electrons. The lowest BCUT2D eigenvalue weighted by atomic mass is 10.0. The number of nitrogens with one attached hydrogen (secondary N) is 1. The molecule has 3 nitrogen and oxygen atoms in total. The van der Waals surface area contributed by atoms with Gasteiger partial charge in [-0.05, 0) is 30.8 Å². The van der Waals surface area contributed by atoms with Crippen LogP contribution in [0.4, 0.5) is 4.39 Å². The van der Waals surface area contributed by atoms with Gasteiger partial charge in [-0.2, -0.15) is 4.39 Å². The predicted molar refractivity (Wildman–Crippen MR) is 91.5 cm³/mol. The Balaban J connectivity index is 1.97. The van der Waals surface area contributed by atoms with E-state index in [0.717, 1.165) is 27.0 Å². The monoisotopic (exact) mass is 331 g/mol. The Kier molecular flexibility index (Phi) is 4.91. The van der Waals surface area contributed by atoms with Crippen molar-refractivity contribution in [1.29, 1.82) is 0 Å². The van der Waals surface area contributed by atoms with Crippen molar-refractivity contribution in [2.24, 2.45) is 0 Å². The third kappa shape index (κ3) is 3.52. The fourth-order valence-corrected chi connectivity index (χ4v) is 3.37. The molecule has 0 saturated heterocycles. The molecule has 0 aliphatic heterocycles. The quantitative estimate of drug-likeness (QED) is 0.723. The van der Waals surface area contributed by atoms with Crippen LogP contribution < -0.4 is 10.1 Å². The maximum atomic E-state index is 13.5. The molecular formula is C18H18FNO2S. The third-order valence-electron chi connectivity index (χ3n) is 3.64. The van der Waals surface area contributed by atoms with Crippen LogP contribution in [-0.4, -0.2) is 24.8 Å². The Labute approximate surface area is 138 Å². The highest BCUT2D eigenvalue weighted by molar-refractivity contribution is 7.17. The van der Waals surface area contributed by atoms with E-state index < -0.39 is 12.2 Å². The second-order valence-corrected chi connectivity index (χ2v) is 6.33. The van der Waals surface area contributed by atoms with Crippen LogP contribution in [-0.2, 0) is 0 Å².